The SMILES string of the molecule is CC1=CC(=O)C(Br)=CC1=O.CC1=CC(=O)C(Cl)=CC1=O.CCCCC(CC)COC(=O)C1=CC(=O)C(C)=CC1=O.CCCCCCCCCCCCC1=CC(=O)C(S(C)=O)=CC1=O. The second-order valence-corrected chi connectivity index (χ2v) is 18.1. The minimum absolute atomic E-state index is 0.00407. The Morgan fingerprint density at radius 2 is 1.08 bits per heavy atom. The molecule has 0 fully saturated rings. The van der Waals surface area contributed by atoms with Gasteiger partial charge in [0.1, 0.15) is 5.57 Å². The molecule has 0 radical (unpaired) electrons. The maximum Gasteiger partial charge on any atom is 0.342 e. The Balaban J connectivity index is 0.000000447. The third-order valence-corrected chi connectivity index (χ3v) is 12.0. The maximum absolute atomic E-state index is 11.9. The normalized spacial score (nSPS) is 17.1. The van der Waals surface area contributed by atoms with Gasteiger partial charge in [-0.3, -0.25) is 42.6 Å². The summed E-state index contributed by atoms with van der Waals surface area (Å²) in [5.41, 5.74) is 1.69. The van der Waals surface area contributed by atoms with E-state index in [2.05, 4.69) is 36.7 Å². The van der Waals surface area contributed by atoms with Crippen LogP contribution in [0.1, 0.15) is 138 Å². The third kappa shape index (κ3) is 21.7. The molecule has 0 aromatic heterocycles. The fourth-order valence-electron chi connectivity index (χ4n) is 6.07. The minimum Gasteiger partial charge on any atom is -0.462 e. The molecule has 0 saturated heterocycles. The maximum atomic E-state index is 11.9. The van der Waals surface area contributed by atoms with Crippen LogP contribution in [-0.2, 0) is 58.7 Å². The number of rotatable bonds is 19. The summed E-state index contributed by atoms with van der Waals surface area (Å²) >= 11 is 8.34. The summed E-state index contributed by atoms with van der Waals surface area (Å²) in [5.74, 6) is -2.29. The summed E-state index contributed by atoms with van der Waals surface area (Å²) in [6, 6.07) is 0. The highest BCUT2D eigenvalue weighted by atomic mass is 79.9. The van der Waals surface area contributed by atoms with Crippen LogP contribution >= 0.6 is 27.5 Å². The molecule has 2 atom stereocenters. The van der Waals surface area contributed by atoms with Gasteiger partial charge in [0, 0.05) is 52.9 Å². The topological polar surface area (TPSA) is 180 Å². The number of ketones is 8. The first-order valence-corrected chi connectivity index (χ1v) is 24.3. The molecule has 11 nitrogen and oxygen atoms in total. The van der Waals surface area contributed by atoms with Crippen LogP contribution < -0.4 is 0 Å². The van der Waals surface area contributed by atoms with Gasteiger partial charge < -0.3 is 4.74 Å². The summed E-state index contributed by atoms with van der Waals surface area (Å²) in [7, 11) is -1.39. The minimum atomic E-state index is -1.39. The molecule has 0 aromatic carbocycles. The first kappa shape index (κ1) is 56.7. The fourth-order valence-corrected chi connectivity index (χ4v) is 7.16. The zero-order valence-electron chi connectivity index (χ0n) is 37.7. The summed E-state index contributed by atoms with van der Waals surface area (Å²) in [6.07, 6.45) is 28.6. The van der Waals surface area contributed by atoms with Crippen LogP contribution in [0.2, 0.25) is 0 Å². The van der Waals surface area contributed by atoms with E-state index >= 15 is 0 Å². The number of esters is 1. The van der Waals surface area contributed by atoms with Crippen molar-refractivity contribution in [2.24, 2.45) is 5.92 Å². The van der Waals surface area contributed by atoms with Gasteiger partial charge in [-0.2, -0.15) is 0 Å². The summed E-state index contributed by atoms with van der Waals surface area (Å²) in [6.45, 7) is 11.5. The van der Waals surface area contributed by atoms with Crippen LogP contribution in [0.25, 0.3) is 0 Å². The van der Waals surface area contributed by atoms with Crippen LogP contribution in [-0.4, -0.2) is 69.3 Å². The van der Waals surface area contributed by atoms with Crippen molar-refractivity contribution in [3.63, 3.8) is 0 Å². The van der Waals surface area contributed by atoms with Crippen LogP contribution in [0.15, 0.2) is 90.9 Å². The molecule has 0 bridgehead atoms. The van der Waals surface area contributed by atoms with E-state index in [0.29, 0.717) is 45.7 Å². The lowest BCUT2D eigenvalue weighted by Gasteiger charge is -2.15. The Hall–Kier alpha value is -4.33. The van der Waals surface area contributed by atoms with Crippen LogP contribution in [0.4, 0.5) is 0 Å². The van der Waals surface area contributed by atoms with Gasteiger partial charge in [0.15, 0.2) is 46.3 Å². The molecule has 2 unspecified atom stereocenters. The van der Waals surface area contributed by atoms with E-state index in [1.807, 2.05) is 0 Å². The van der Waals surface area contributed by atoms with Crippen molar-refractivity contribution in [1.29, 1.82) is 0 Å². The largest absolute Gasteiger partial charge is 0.462 e. The lowest BCUT2D eigenvalue weighted by atomic mass is 9.97. The van der Waals surface area contributed by atoms with E-state index in [9.17, 15) is 47.4 Å². The molecule has 4 rings (SSSR count). The van der Waals surface area contributed by atoms with Crippen molar-refractivity contribution in [2.45, 2.75) is 138 Å². The first-order chi connectivity index (χ1) is 29.8. The molecule has 344 valence electrons. The molecular formula is C49H62BrClO11S. The highest BCUT2D eigenvalue weighted by molar-refractivity contribution is 9.12. The molecule has 0 spiro atoms. The first-order valence-electron chi connectivity index (χ1n) is 21.6. The zero-order chi connectivity index (χ0) is 47.6. The molecule has 0 saturated carbocycles. The van der Waals surface area contributed by atoms with E-state index < -0.39 is 22.6 Å². The molecule has 4 aliphatic carbocycles. The zero-order valence-corrected chi connectivity index (χ0v) is 40.8. The molecule has 0 heterocycles. The van der Waals surface area contributed by atoms with Gasteiger partial charge in [0.2, 0.25) is 0 Å². The number of ether oxygens (including phenoxy) is 1. The van der Waals surface area contributed by atoms with E-state index in [1.165, 1.54) is 94.1 Å². The van der Waals surface area contributed by atoms with Gasteiger partial charge in [-0.05, 0) is 86.2 Å². The van der Waals surface area contributed by atoms with E-state index in [4.69, 9.17) is 16.3 Å². The molecule has 0 amide bonds. The number of carbonyl (C=O) groups excluding carboxylic acids is 9. The summed E-state index contributed by atoms with van der Waals surface area (Å²) in [4.78, 5) is 102. The second kappa shape index (κ2) is 30.7. The molecule has 0 aromatic rings. The fraction of sp³-hybridized carbons (Fsp3) is 0.490. The van der Waals surface area contributed by atoms with Crippen LogP contribution in [0.5, 0.6) is 0 Å². The predicted molar refractivity (Wildman–Crippen MR) is 251 cm³/mol. The van der Waals surface area contributed by atoms with Crippen molar-refractivity contribution in [1.82, 2.24) is 0 Å². The molecule has 0 aliphatic heterocycles. The van der Waals surface area contributed by atoms with Gasteiger partial charge in [-0.15, -0.1) is 0 Å². The summed E-state index contributed by atoms with van der Waals surface area (Å²) < 4.78 is 16.9. The molecule has 0 N–H and O–H groups in total. The van der Waals surface area contributed by atoms with Gasteiger partial charge in [0.25, 0.3) is 0 Å². The Labute approximate surface area is 388 Å². The monoisotopic (exact) mass is 972 g/mol. The van der Waals surface area contributed by atoms with Crippen molar-refractivity contribution in [3.05, 3.63) is 90.9 Å². The Morgan fingerprint density at radius 1 is 0.587 bits per heavy atom. The van der Waals surface area contributed by atoms with Gasteiger partial charge >= 0.3 is 5.97 Å². The standard InChI is InChI=1S/C19H30O3S.C16H22O4.C7H5BrO2.C7H5ClO2/c1-3-4-5-6-7-8-9-10-11-12-13-16-14-18(21)19(23(2)22)15-17(16)20;1-4-6-7-12(5-2)10-20-16(19)13-9-14(17)11(3)8-15(13)18;2*1-4-2-7(10)5(8)3-6(4)9/h14-15H,3-13H2,1-2H3;8-9,12H,4-7,10H2,1-3H3;2*2-3H,1H3. The van der Waals surface area contributed by atoms with Crippen molar-refractivity contribution in [3.8, 4) is 0 Å². The number of hydrogen-bond acceptors (Lipinski definition) is 11. The molecule has 14 heteroatoms. The average Bonchev–Trinajstić information content (AvgIpc) is 3.23. The molecule has 63 heavy (non-hydrogen) atoms. The van der Waals surface area contributed by atoms with Crippen molar-refractivity contribution < 1.29 is 52.1 Å². The second-order valence-electron chi connectivity index (χ2n) is 15.5. The van der Waals surface area contributed by atoms with Gasteiger partial charge in [-0.25, -0.2) is 4.79 Å². The number of unbranched alkanes of at least 4 members (excludes halogenated alkanes) is 10. The predicted octanol–water partition coefficient (Wildman–Crippen LogP) is 9.98. The Kier molecular flexibility index (Phi) is 27.6. The third-order valence-electron chi connectivity index (χ3n) is 10.2. The molecular weight excluding hydrogens is 912 g/mol. The lowest BCUT2D eigenvalue weighted by molar-refractivity contribution is -0.142. The Bertz CT molecular complexity index is 1930. The number of hydrogen-bond donors (Lipinski definition) is 0. The lowest BCUT2D eigenvalue weighted by Crippen LogP contribution is -2.22. The highest BCUT2D eigenvalue weighted by Gasteiger charge is 2.25. The Morgan fingerprint density at radius 3 is 1.59 bits per heavy atom. The molecule has 4 aliphatic rings. The van der Waals surface area contributed by atoms with E-state index in [-0.39, 0.29) is 56.0 Å². The van der Waals surface area contributed by atoms with E-state index in [0.717, 1.165) is 50.7 Å². The summed E-state index contributed by atoms with van der Waals surface area (Å²) in [5, 5.41) is -0.00407. The smallest absolute Gasteiger partial charge is 0.342 e. The number of halogens is 2. The van der Waals surface area contributed by atoms with Crippen molar-refractivity contribution in [2.75, 3.05) is 12.9 Å². The van der Waals surface area contributed by atoms with Crippen LogP contribution in [0, 0.1) is 5.92 Å². The van der Waals surface area contributed by atoms with Crippen LogP contribution in [0.3, 0.4) is 0 Å². The van der Waals surface area contributed by atoms with Gasteiger partial charge in [0.05, 0.1) is 31.8 Å². The van der Waals surface area contributed by atoms with Crippen molar-refractivity contribution >= 4 is 90.6 Å². The number of carbonyl (C=O) groups is 9. The number of allylic oxidation sites excluding steroid dienone is 15. The quantitative estimate of drug-likeness (QED) is 0.0520. The average molecular weight is 974 g/mol. The van der Waals surface area contributed by atoms with Gasteiger partial charge in [-0.1, -0.05) is 109 Å². The highest BCUT2D eigenvalue weighted by Crippen LogP contribution is 2.21. The van der Waals surface area contributed by atoms with E-state index in [1.54, 1.807) is 20.8 Å².